The molecule has 0 aromatic carbocycles. The van der Waals surface area contributed by atoms with Crippen molar-refractivity contribution in [3.63, 3.8) is 0 Å². The van der Waals surface area contributed by atoms with Crippen LogP contribution in [0, 0.1) is 40.9 Å². The highest BCUT2D eigenvalue weighted by Gasteiger charge is 2.47. The number of rotatable bonds is 4. The Bertz CT molecular complexity index is 421. The number of amides is 1. The number of nitriles is 1. The van der Waals surface area contributed by atoms with Crippen LogP contribution in [0.25, 0.3) is 0 Å². The molecule has 0 heterocycles. The van der Waals surface area contributed by atoms with Crippen LogP contribution in [0.3, 0.4) is 0 Å². The summed E-state index contributed by atoms with van der Waals surface area (Å²) in [6.07, 6.45) is 8.53. The topological polar surface area (TPSA) is 78.9 Å². The Kier molecular flexibility index (Phi) is 3.22. The van der Waals surface area contributed by atoms with E-state index >= 15 is 0 Å². The molecule has 4 bridgehead atoms. The number of carbonyl (C=O) groups is 1. The minimum Gasteiger partial charge on any atom is -0.389 e. The number of nitrogens with two attached hydrogens (primary N) is 1. The summed E-state index contributed by atoms with van der Waals surface area (Å²) in [5, 5.41) is 11.9. The lowest BCUT2D eigenvalue weighted by Gasteiger charge is -2.54. The summed E-state index contributed by atoms with van der Waals surface area (Å²) in [4.78, 5) is 10.9. The second-order valence-electron chi connectivity index (χ2n) is 6.54. The lowest BCUT2D eigenvalue weighted by Crippen LogP contribution is -2.47. The van der Waals surface area contributed by atoms with E-state index < -0.39 is 5.91 Å². The number of nitrogens with zero attached hydrogens (tertiary/aromatic N) is 1. The second-order valence-corrected chi connectivity index (χ2v) is 6.54. The largest absolute Gasteiger partial charge is 0.389 e. The van der Waals surface area contributed by atoms with Gasteiger partial charge in [0.15, 0.2) is 0 Å². The molecule has 4 aliphatic carbocycles. The first-order chi connectivity index (χ1) is 9.17. The van der Waals surface area contributed by atoms with Gasteiger partial charge in [0.2, 0.25) is 0 Å². The fourth-order valence-corrected chi connectivity index (χ4v) is 4.83. The Morgan fingerprint density at radius 3 is 2.26 bits per heavy atom. The Morgan fingerprint density at radius 1 is 1.21 bits per heavy atom. The second kappa shape index (κ2) is 4.88. The monoisotopic (exact) mass is 259 g/mol. The first kappa shape index (κ1) is 12.5. The van der Waals surface area contributed by atoms with Gasteiger partial charge in [-0.15, -0.1) is 0 Å². The third-order valence-electron chi connectivity index (χ3n) is 5.41. The molecule has 0 aliphatic heterocycles. The molecule has 0 aromatic heterocycles. The third-order valence-corrected chi connectivity index (χ3v) is 5.41. The molecule has 102 valence electrons. The van der Waals surface area contributed by atoms with E-state index in [4.69, 9.17) is 11.0 Å². The maximum Gasteiger partial charge on any atom is 0.260 e. The van der Waals surface area contributed by atoms with Crippen LogP contribution in [0.1, 0.15) is 32.1 Å². The lowest BCUT2D eigenvalue weighted by atomic mass is 9.52. The molecule has 0 unspecified atom stereocenters. The number of carbonyl (C=O) groups excluding carboxylic acids is 1. The molecule has 4 nitrogen and oxygen atoms in total. The van der Waals surface area contributed by atoms with Crippen molar-refractivity contribution in [3.8, 4) is 6.07 Å². The van der Waals surface area contributed by atoms with Gasteiger partial charge in [-0.3, -0.25) is 4.79 Å². The van der Waals surface area contributed by atoms with Crippen molar-refractivity contribution < 1.29 is 4.79 Å². The fraction of sp³-hybridized carbons (Fsp3) is 0.733. The normalized spacial score (nSPS) is 39.9. The van der Waals surface area contributed by atoms with Crippen LogP contribution in [0.2, 0.25) is 0 Å². The van der Waals surface area contributed by atoms with Gasteiger partial charge in [0.25, 0.3) is 5.91 Å². The molecule has 0 atom stereocenters. The van der Waals surface area contributed by atoms with Gasteiger partial charge < -0.3 is 11.1 Å². The molecular formula is C15H21N3O. The summed E-state index contributed by atoms with van der Waals surface area (Å²) in [6, 6.07) is 1.83. The zero-order valence-electron chi connectivity index (χ0n) is 11.1. The van der Waals surface area contributed by atoms with Crippen molar-refractivity contribution in [3.05, 3.63) is 11.8 Å². The van der Waals surface area contributed by atoms with Crippen molar-refractivity contribution >= 4 is 5.91 Å². The molecule has 1 amide bonds. The number of primary amides is 1. The average molecular weight is 259 g/mol. The Hall–Kier alpha value is -1.50. The van der Waals surface area contributed by atoms with E-state index in [-0.39, 0.29) is 5.57 Å². The zero-order valence-corrected chi connectivity index (χ0v) is 11.1. The van der Waals surface area contributed by atoms with Gasteiger partial charge in [-0.05, 0) is 61.7 Å². The Labute approximate surface area is 114 Å². The minimum absolute atomic E-state index is 0.0174. The Morgan fingerprint density at radius 2 is 1.79 bits per heavy atom. The van der Waals surface area contributed by atoms with Crippen LogP contribution in [-0.2, 0) is 4.79 Å². The molecule has 4 fully saturated rings. The summed E-state index contributed by atoms with van der Waals surface area (Å²) in [5.74, 6) is 3.74. The van der Waals surface area contributed by atoms with E-state index in [1.54, 1.807) is 0 Å². The Balaban J connectivity index is 1.59. The molecule has 4 rings (SSSR count). The SMILES string of the molecule is N#C/C(=C\NCC1C2CC3CC(C2)CC1C3)C(N)=O. The summed E-state index contributed by atoms with van der Waals surface area (Å²) < 4.78 is 0. The molecule has 4 aliphatic rings. The van der Waals surface area contributed by atoms with Gasteiger partial charge in [0.1, 0.15) is 11.6 Å². The predicted octanol–water partition coefficient (Wildman–Crippen LogP) is 1.54. The predicted molar refractivity (Wildman–Crippen MR) is 71.4 cm³/mol. The van der Waals surface area contributed by atoms with Crippen LogP contribution in [0.15, 0.2) is 11.8 Å². The number of hydrogen-bond acceptors (Lipinski definition) is 3. The van der Waals surface area contributed by atoms with Crippen LogP contribution in [0.4, 0.5) is 0 Å². The van der Waals surface area contributed by atoms with Crippen molar-refractivity contribution in [2.45, 2.75) is 32.1 Å². The molecule has 4 saturated carbocycles. The van der Waals surface area contributed by atoms with Crippen LogP contribution in [0.5, 0.6) is 0 Å². The van der Waals surface area contributed by atoms with Crippen molar-refractivity contribution in [1.29, 1.82) is 5.26 Å². The van der Waals surface area contributed by atoms with Crippen LogP contribution < -0.4 is 11.1 Å². The van der Waals surface area contributed by atoms with Crippen LogP contribution >= 0.6 is 0 Å². The van der Waals surface area contributed by atoms with E-state index in [1.807, 2.05) is 6.07 Å². The highest BCUT2D eigenvalue weighted by Crippen LogP contribution is 2.56. The van der Waals surface area contributed by atoms with E-state index in [0.29, 0.717) is 0 Å². The lowest BCUT2D eigenvalue weighted by molar-refractivity contribution is -0.114. The van der Waals surface area contributed by atoms with E-state index in [2.05, 4.69) is 5.32 Å². The summed E-state index contributed by atoms with van der Waals surface area (Å²) in [7, 11) is 0. The molecule has 4 heteroatoms. The maximum atomic E-state index is 10.9. The molecule has 0 saturated heterocycles. The van der Waals surface area contributed by atoms with E-state index in [0.717, 1.165) is 36.1 Å². The summed E-state index contributed by atoms with van der Waals surface area (Å²) >= 11 is 0. The highest BCUT2D eigenvalue weighted by atomic mass is 16.1. The third kappa shape index (κ3) is 2.34. The van der Waals surface area contributed by atoms with Crippen LogP contribution in [-0.4, -0.2) is 12.5 Å². The van der Waals surface area contributed by atoms with Crippen molar-refractivity contribution in [2.75, 3.05) is 6.54 Å². The highest BCUT2D eigenvalue weighted by molar-refractivity contribution is 5.95. The maximum absolute atomic E-state index is 10.9. The quantitative estimate of drug-likeness (QED) is 0.593. The van der Waals surface area contributed by atoms with E-state index in [9.17, 15) is 4.79 Å². The smallest absolute Gasteiger partial charge is 0.260 e. The van der Waals surface area contributed by atoms with E-state index in [1.165, 1.54) is 38.3 Å². The zero-order chi connectivity index (χ0) is 13.4. The fourth-order valence-electron chi connectivity index (χ4n) is 4.83. The number of hydrogen-bond donors (Lipinski definition) is 2. The van der Waals surface area contributed by atoms with Crippen molar-refractivity contribution in [2.24, 2.45) is 35.3 Å². The first-order valence-electron chi connectivity index (χ1n) is 7.30. The van der Waals surface area contributed by atoms with Gasteiger partial charge in [0, 0.05) is 12.7 Å². The van der Waals surface area contributed by atoms with Gasteiger partial charge in [0.05, 0.1) is 0 Å². The molecule has 3 N–H and O–H groups in total. The average Bonchev–Trinajstić information content (AvgIpc) is 2.36. The molecule has 0 aromatic rings. The standard InChI is InChI=1S/C15H21N3O/c16-6-13(15(17)19)7-18-8-14-11-2-9-1-10(4-11)5-12(14)3-9/h7,9-12,14,18H,1-5,8H2,(H2,17,19)/b13-7+. The van der Waals surface area contributed by atoms with Gasteiger partial charge >= 0.3 is 0 Å². The number of nitrogens with one attached hydrogen (secondary N) is 1. The molecule has 0 spiro atoms. The van der Waals surface area contributed by atoms with Gasteiger partial charge in [-0.1, -0.05) is 0 Å². The van der Waals surface area contributed by atoms with Crippen molar-refractivity contribution in [1.82, 2.24) is 5.32 Å². The minimum atomic E-state index is -0.653. The first-order valence-corrected chi connectivity index (χ1v) is 7.30. The summed E-state index contributed by atoms with van der Waals surface area (Å²) in [5.41, 5.74) is 5.13. The molecule has 19 heavy (non-hydrogen) atoms. The molecular weight excluding hydrogens is 238 g/mol. The molecule has 0 radical (unpaired) electrons. The summed E-state index contributed by atoms with van der Waals surface area (Å²) in [6.45, 7) is 0.882. The van der Waals surface area contributed by atoms with Gasteiger partial charge in [-0.25, -0.2) is 0 Å². The van der Waals surface area contributed by atoms with Gasteiger partial charge in [-0.2, -0.15) is 5.26 Å².